The first-order chi connectivity index (χ1) is 9.52. The summed E-state index contributed by atoms with van der Waals surface area (Å²) >= 11 is 12.4. The van der Waals surface area contributed by atoms with Crippen LogP contribution in [0.5, 0.6) is 5.75 Å². The van der Waals surface area contributed by atoms with Crippen LogP contribution in [-0.2, 0) is 19.4 Å². The maximum Gasteiger partial charge on any atom is 0.133 e. The van der Waals surface area contributed by atoms with Crippen LogP contribution in [0.2, 0.25) is 10.0 Å². The molecular formula is C14H15Cl2N3O. The molecule has 0 aliphatic carbocycles. The quantitative estimate of drug-likeness (QED) is 0.923. The van der Waals surface area contributed by atoms with E-state index in [1.165, 1.54) is 0 Å². The number of aromatic hydroxyl groups is 1. The molecule has 1 N–H and O–H groups in total. The molecule has 1 unspecified atom stereocenters. The molecule has 1 aliphatic rings. The predicted octanol–water partition coefficient (Wildman–Crippen LogP) is 3.50. The van der Waals surface area contributed by atoms with E-state index in [-0.39, 0.29) is 11.7 Å². The summed E-state index contributed by atoms with van der Waals surface area (Å²) in [6.45, 7) is 4.62. The smallest absolute Gasteiger partial charge is 0.133 e. The molecule has 4 nitrogen and oxygen atoms in total. The van der Waals surface area contributed by atoms with Crippen LogP contribution in [0, 0.1) is 6.92 Å². The lowest BCUT2D eigenvalue weighted by Gasteiger charge is -2.16. The Morgan fingerprint density at radius 3 is 2.85 bits per heavy atom. The summed E-state index contributed by atoms with van der Waals surface area (Å²) in [4.78, 5) is 0. The van der Waals surface area contributed by atoms with Gasteiger partial charge in [0.15, 0.2) is 0 Å². The van der Waals surface area contributed by atoms with Gasteiger partial charge in [-0.1, -0.05) is 30.1 Å². The summed E-state index contributed by atoms with van der Waals surface area (Å²) in [5.41, 5.74) is 1.47. The lowest BCUT2D eigenvalue weighted by atomic mass is 9.95. The van der Waals surface area contributed by atoms with Gasteiger partial charge in [0, 0.05) is 30.9 Å². The number of benzene rings is 1. The average Bonchev–Trinajstić information content (AvgIpc) is 2.96. The van der Waals surface area contributed by atoms with Gasteiger partial charge in [-0.05, 0) is 18.6 Å². The van der Waals surface area contributed by atoms with Crippen LogP contribution in [0.25, 0.3) is 0 Å². The molecule has 1 atom stereocenters. The highest BCUT2D eigenvalue weighted by Gasteiger charge is 2.31. The fourth-order valence-electron chi connectivity index (χ4n) is 2.83. The fourth-order valence-corrected chi connectivity index (χ4v) is 3.40. The second-order valence-electron chi connectivity index (χ2n) is 5.15. The maximum atomic E-state index is 10.3. The maximum absolute atomic E-state index is 10.3. The fraction of sp³-hybridized carbons (Fsp3) is 0.429. The first-order valence-electron chi connectivity index (χ1n) is 6.61. The van der Waals surface area contributed by atoms with Gasteiger partial charge in [0.25, 0.3) is 0 Å². The van der Waals surface area contributed by atoms with E-state index in [4.69, 9.17) is 23.2 Å². The third kappa shape index (κ3) is 1.98. The largest absolute Gasteiger partial charge is 0.507 e. The predicted molar refractivity (Wildman–Crippen MR) is 78.7 cm³/mol. The Balaban J connectivity index is 2.03. The van der Waals surface area contributed by atoms with Crippen molar-refractivity contribution in [1.29, 1.82) is 0 Å². The van der Waals surface area contributed by atoms with Gasteiger partial charge in [0.2, 0.25) is 0 Å². The molecule has 0 radical (unpaired) electrons. The number of hydrogen-bond donors (Lipinski definition) is 1. The molecule has 2 heterocycles. The van der Waals surface area contributed by atoms with Crippen LogP contribution in [0.15, 0.2) is 6.07 Å². The average molecular weight is 312 g/mol. The van der Waals surface area contributed by atoms with Gasteiger partial charge < -0.3 is 9.67 Å². The van der Waals surface area contributed by atoms with Crippen molar-refractivity contribution in [3.05, 3.63) is 38.9 Å². The molecule has 1 aromatic carbocycles. The highest BCUT2D eigenvalue weighted by atomic mass is 35.5. The minimum absolute atomic E-state index is 0.0932. The number of aryl methyl sites for hydroxylation is 2. The normalized spacial score (nSPS) is 17.5. The van der Waals surface area contributed by atoms with Crippen LogP contribution < -0.4 is 0 Å². The van der Waals surface area contributed by atoms with Gasteiger partial charge in [-0.3, -0.25) is 0 Å². The van der Waals surface area contributed by atoms with E-state index in [0.717, 1.165) is 42.2 Å². The van der Waals surface area contributed by atoms with Crippen LogP contribution >= 0.6 is 23.2 Å². The molecule has 2 aromatic rings. The van der Waals surface area contributed by atoms with Crippen molar-refractivity contribution < 1.29 is 5.11 Å². The molecule has 1 aromatic heterocycles. The molecule has 0 fully saturated rings. The molecule has 0 saturated carbocycles. The number of nitrogens with zero attached hydrogens (tertiary/aromatic N) is 3. The Morgan fingerprint density at radius 1 is 1.40 bits per heavy atom. The minimum Gasteiger partial charge on any atom is -0.507 e. The van der Waals surface area contributed by atoms with Crippen molar-refractivity contribution in [2.24, 2.45) is 0 Å². The molecule has 106 valence electrons. The van der Waals surface area contributed by atoms with E-state index in [1.807, 2.05) is 6.92 Å². The second-order valence-corrected chi connectivity index (χ2v) is 5.93. The van der Waals surface area contributed by atoms with Gasteiger partial charge in [-0.2, -0.15) is 0 Å². The number of phenols is 1. The second kappa shape index (κ2) is 4.93. The SMILES string of the molecule is CCc1nnc2n1CC(c1c(O)c(C)cc(Cl)c1Cl)C2. The first-order valence-corrected chi connectivity index (χ1v) is 7.36. The summed E-state index contributed by atoms with van der Waals surface area (Å²) in [6, 6.07) is 1.69. The first kappa shape index (κ1) is 13.7. The number of fused-ring (bicyclic) bond motifs is 1. The molecule has 0 amide bonds. The van der Waals surface area contributed by atoms with Gasteiger partial charge in [0.1, 0.15) is 17.4 Å². The lowest BCUT2D eigenvalue weighted by molar-refractivity contribution is 0.454. The Kier molecular flexibility index (Phi) is 3.38. The van der Waals surface area contributed by atoms with Crippen LogP contribution in [0.1, 0.15) is 35.6 Å². The van der Waals surface area contributed by atoms with Gasteiger partial charge in [0.05, 0.1) is 10.0 Å². The van der Waals surface area contributed by atoms with Crippen molar-refractivity contribution >= 4 is 23.2 Å². The summed E-state index contributed by atoms with van der Waals surface area (Å²) in [6.07, 6.45) is 1.56. The standard InChI is InChI=1S/C14H15Cl2N3O/c1-3-10-17-18-11-5-8(6-19(10)11)12-13(16)9(15)4-7(2)14(12)20/h4,8,20H,3,5-6H2,1-2H3. The Morgan fingerprint density at radius 2 is 2.15 bits per heavy atom. The number of halogens is 2. The van der Waals surface area contributed by atoms with Crippen LogP contribution in [0.3, 0.4) is 0 Å². The highest BCUT2D eigenvalue weighted by Crippen LogP contribution is 2.43. The topological polar surface area (TPSA) is 50.9 Å². The van der Waals surface area contributed by atoms with E-state index in [0.29, 0.717) is 10.0 Å². The van der Waals surface area contributed by atoms with Crippen molar-refractivity contribution in [3.63, 3.8) is 0 Å². The van der Waals surface area contributed by atoms with Crippen molar-refractivity contribution in [2.75, 3.05) is 0 Å². The third-order valence-corrected chi connectivity index (χ3v) is 4.68. The molecule has 20 heavy (non-hydrogen) atoms. The number of rotatable bonds is 2. The van der Waals surface area contributed by atoms with Gasteiger partial charge in [-0.25, -0.2) is 0 Å². The van der Waals surface area contributed by atoms with Crippen LogP contribution in [0.4, 0.5) is 0 Å². The Labute approximate surface area is 127 Å². The molecule has 0 saturated heterocycles. The third-order valence-electron chi connectivity index (χ3n) is 3.88. The monoisotopic (exact) mass is 311 g/mol. The zero-order valence-corrected chi connectivity index (χ0v) is 12.8. The number of aromatic nitrogens is 3. The van der Waals surface area contributed by atoms with Crippen molar-refractivity contribution in [2.45, 2.75) is 39.2 Å². The number of phenolic OH excluding ortho intramolecular Hbond substituents is 1. The van der Waals surface area contributed by atoms with E-state index in [1.54, 1.807) is 6.07 Å². The van der Waals surface area contributed by atoms with Crippen LogP contribution in [-0.4, -0.2) is 19.9 Å². The summed E-state index contributed by atoms with van der Waals surface area (Å²) in [5.74, 6) is 2.24. The molecule has 1 aliphatic heterocycles. The van der Waals surface area contributed by atoms with Crippen molar-refractivity contribution in [1.82, 2.24) is 14.8 Å². The zero-order valence-electron chi connectivity index (χ0n) is 11.3. The molecular weight excluding hydrogens is 297 g/mol. The minimum atomic E-state index is 0.0932. The Hall–Kier alpha value is -1.26. The van der Waals surface area contributed by atoms with E-state index < -0.39 is 0 Å². The number of hydrogen-bond acceptors (Lipinski definition) is 3. The van der Waals surface area contributed by atoms with E-state index in [9.17, 15) is 5.11 Å². The zero-order chi connectivity index (χ0) is 14.4. The van der Waals surface area contributed by atoms with Crippen molar-refractivity contribution in [3.8, 4) is 5.75 Å². The lowest BCUT2D eigenvalue weighted by Crippen LogP contribution is -2.06. The van der Waals surface area contributed by atoms with E-state index in [2.05, 4.69) is 21.7 Å². The summed E-state index contributed by atoms with van der Waals surface area (Å²) < 4.78 is 2.11. The summed E-state index contributed by atoms with van der Waals surface area (Å²) in [7, 11) is 0. The summed E-state index contributed by atoms with van der Waals surface area (Å²) in [5, 5.41) is 19.6. The molecule has 3 rings (SSSR count). The Bertz CT molecular complexity index is 655. The van der Waals surface area contributed by atoms with E-state index >= 15 is 0 Å². The molecule has 0 bridgehead atoms. The highest BCUT2D eigenvalue weighted by molar-refractivity contribution is 6.42. The van der Waals surface area contributed by atoms with Gasteiger partial charge >= 0.3 is 0 Å². The van der Waals surface area contributed by atoms with Gasteiger partial charge in [-0.15, -0.1) is 10.2 Å². The molecule has 0 spiro atoms. The molecule has 6 heteroatoms.